The van der Waals surface area contributed by atoms with Gasteiger partial charge in [-0.15, -0.1) is 0 Å². The quantitative estimate of drug-likeness (QED) is 0.668. The number of nitrogens with zero attached hydrogens (tertiary/aromatic N) is 2. The summed E-state index contributed by atoms with van der Waals surface area (Å²) in [4.78, 5) is 40.6. The lowest BCUT2D eigenvalue weighted by Crippen LogP contribution is -2.36. The average Bonchev–Trinajstić information content (AvgIpc) is 3.37. The molecule has 0 spiro atoms. The molecule has 2 fully saturated rings. The molecule has 2 aliphatic rings. The van der Waals surface area contributed by atoms with Crippen LogP contribution in [-0.2, 0) is 9.59 Å². The molecular formula is C23H21F2N3O3S. The highest BCUT2D eigenvalue weighted by atomic mass is 32.2. The third-order valence-corrected chi connectivity index (χ3v) is 6.30. The highest BCUT2D eigenvalue weighted by Crippen LogP contribution is 2.33. The summed E-state index contributed by atoms with van der Waals surface area (Å²) in [6.07, 6.45) is 4.00. The van der Waals surface area contributed by atoms with Gasteiger partial charge in [0, 0.05) is 24.8 Å². The molecule has 0 aromatic heterocycles. The molecule has 9 heteroatoms. The van der Waals surface area contributed by atoms with Gasteiger partial charge in [0.05, 0.1) is 10.6 Å². The minimum atomic E-state index is -0.944. The minimum absolute atomic E-state index is 0.216. The number of rotatable bonds is 5. The molecule has 2 saturated heterocycles. The lowest BCUT2D eigenvalue weighted by Gasteiger charge is -2.18. The van der Waals surface area contributed by atoms with Crippen LogP contribution < -0.4 is 10.2 Å². The molecular weight excluding hydrogens is 436 g/mol. The van der Waals surface area contributed by atoms with Gasteiger partial charge in [-0.25, -0.2) is 8.78 Å². The molecule has 0 saturated carbocycles. The van der Waals surface area contributed by atoms with Crippen molar-refractivity contribution in [2.45, 2.75) is 19.8 Å². The van der Waals surface area contributed by atoms with Crippen LogP contribution in [0, 0.1) is 18.6 Å². The van der Waals surface area contributed by atoms with E-state index >= 15 is 0 Å². The van der Waals surface area contributed by atoms with Crippen LogP contribution in [0.4, 0.5) is 25.0 Å². The third kappa shape index (κ3) is 4.67. The average molecular weight is 458 g/mol. The fourth-order valence-corrected chi connectivity index (χ4v) is 4.52. The van der Waals surface area contributed by atoms with Crippen molar-refractivity contribution in [2.24, 2.45) is 0 Å². The van der Waals surface area contributed by atoms with E-state index in [1.165, 1.54) is 12.8 Å². The Labute approximate surface area is 188 Å². The van der Waals surface area contributed by atoms with Crippen molar-refractivity contribution in [1.82, 2.24) is 4.90 Å². The first kappa shape index (κ1) is 22.0. The molecule has 6 nitrogen and oxygen atoms in total. The monoisotopic (exact) mass is 457 g/mol. The molecule has 0 radical (unpaired) electrons. The number of carbonyl (C=O) groups is 3. The number of aryl methyl sites for hydroxylation is 1. The van der Waals surface area contributed by atoms with Crippen LogP contribution in [0.15, 0.2) is 41.3 Å². The van der Waals surface area contributed by atoms with Gasteiger partial charge in [0.2, 0.25) is 5.91 Å². The molecule has 2 aliphatic heterocycles. The van der Waals surface area contributed by atoms with Gasteiger partial charge in [0.15, 0.2) is 0 Å². The number of hydrogen-bond acceptors (Lipinski definition) is 5. The minimum Gasteiger partial charge on any atom is -0.372 e. The molecule has 0 bridgehead atoms. The van der Waals surface area contributed by atoms with Crippen molar-refractivity contribution in [2.75, 3.05) is 29.9 Å². The van der Waals surface area contributed by atoms with E-state index < -0.39 is 35.2 Å². The van der Waals surface area contributed by atoms with Crippen molar-refractivity contribution in [3.63, 3.8) is 0 Å². The summed E-state index contributed by atoms with van der Waals surface area (Å²) in [6.45, 7) is 3.44. The topological polar surface area (TPSA) is 69.7 Å². The zero-order valence-corrected chi connectivity index (χ0v) is 18.2. The number of halogens is 2. The lowest BCUT2D eigenvalue weighted by molar-refractivity contribution is -0.127. The van der Waals surface area contributed by atoms with E-state index in [0.717, 1.165) is 58.7 Å². The highest BCUT2D eigenvalue weighted by Gasteiger charge is 2.36. The van der Waals surface area contributed by atoms with E-state index in [1.807, 2.05) is 19.1 Å². The van der Waals surface area contributed by atoms with Gasteiger partial charge in [0.25, 0.3) is 11.1 Å². The number of imide groups is 1. The Bertz CT molecular complexity index is 1130. The number of hydrogen-bond donors (Lipinski definition) is 1. The van der Waals surface area contributed by atoms with Crippen LogP contribution in [0.5, 0.6) is 0 Å². The standard InChI is InChI=1S/C23H21F2N3O3S/c1-14-10-17(27-8-2-3-9-27)6-4-15(14)11-20-22(30)28(23(31)32-20)13-21(29)26-19-7-5-16(24)12-18(19)25/h4-7,10-12H,2-3,8-9,13H2,1H3,(H,26,29)/b20-11+. The molecule has 32 heavy (non-hydrogen) atoms. The summed E-state index contributed by atoms with van der Waals surface area (Å²) >= 11 is 0.753. The van der Waals surface area contributed by atoms with E-state index in [0.29, 0.717) is 6.07 Å². The SMILES string of the molecule is Cc1cc(N2CCCC2)ccc1/C=C1/SC(=O)N(CC(=O)Nc2ccc(F)cc2F)C1=O. The van der Waals surface area contributed by atoms with Crippen molar-refractivity contribution in [3.8, 4) is 0 Å². The van der Waals surface area contributed by atoms with Gasteiger partial charge in [-0.2, -0.15) is 0 Å². The van der Waals surface area contributed by atoms with Crippen LogP contribution in [0.25, 0.3) is 6.08 Å². The molecule has 1 N–H and O–H groups in total. The molecule has 0 atom stereocenters. The number of thioether (sulfide) groups is 1. The molecule has 4 rings (SSSR count). The Morgan fingerprint density at radius 2 is 1.88 bits per heavy atom. The second-order valence-corrected chi connectivity index (χ2v) is 8.67. The smallest absolute Gasteiger partial charge is 0.294 e. The maximum Gasteiger partial charge on any atom is 0.294 e. The number of carbonyl (C=O) groups excluding carboxylic acids is 3. The van der Waals surface area contributed by atoms with E-state index in [4.69, 9.17) is 0 Å². The second-order valence-electron chi connectivity index (χ2n) is 7.68. The molecule has 2 aromatic carbocycles. The van der Waals surface area contributed by atoms with Gasteiger partial charge in [-0.1, -0.05) is 6.07 Å². The first-order valence-corrected chi connectivity index (χ1v) is 11.0. The Morgan fingerprint density at radius 1 is 1.12 bits per heavy atom. The molecule has 2 heterocycles. The molecule has 2 aromatic rings. The predicted molar refractivity (Wildman–Crippen MR) is 120 cm³/mol. The Hall–Kier alpha value is -3.20. The van der Waals surface area contributed by atoms with E-state index in [2.05, 4.69) is 16.3 Å². The molecule has 3 amide bonds. The van der Waals surface area contributed by atoms with Gasteiger partial charge in [-0.05, 0) is 73.0 Å². The van der Waals surface area contributed by atoms with E-state index in [-0.39, 0.29) is 10.6 Å². The van der Waals surface area contributed by atoms with E-state index in [9.17, 15) is 23.2 Å². The van der Waals surface area contributed by atoms with Crippen LogP contribution in [-0.4, -0.2) is 41.6 Å². The fourth-order valence-electron chi connectivity index (χ4n) is 3.70. The fraction of sp³-hybridized carbons (Fsp3) is 0.261. The van der Waals surface area contributed by atoms with Crippen molar-refractivity contribution in [1.29, 1.82) is 0 Å². The maximum atomic E-state index is 13.7. The van der Waals surface area contributed by atoms with Gasteiger partial charge in [-0.3, -0.25) is 19.3 Å². The van der Waals surface area contributed by atoms with Crippen LogP contribution in [0.3, 0.4) is 0 Å². The normalized spacial score (nSPS) is 17.5. The van der Waals surface area contributed by atoms with Crippen LogP contribution >= 0.6 is 11.8 Å². The largest absolute Gasteiger partial charge is 0.372 e. The van der Waals surface area contributed by atoms with Crippen molar-refractivity contribution in [3.05, 3.63) is 64.1 Å². The predicted octanol–water partition coefficient (Wildman–Crippen LogP) is 4.55. The summed E-state index contributed by atoms with van der Waals surface area (Å²) in [7, 11) is 0. The zero-order chi connectivity index (χ0) is 22.8. The number of amides is 3. The Balaban J connectivity index is 1.45. The van der Waals surface area contributed by atoms with Crippen LogP contribution in [0.2, 0.25) is 0 Å². The summed E-state index contributed by atoms with van der Waals surface area (Å²) in [5.74, 6) is -3.07. The van der Waals surface area contributed by atoms with Crippen molar-refractivity contribution >= 4 is 46.3 Å². The van der Waals surface area contributed by atoms with Crippen molar-refractivity contribution < 1.29 is 23.2 Å². The number of anilines is 2. The summed E-state index contributed by atoms with van der Waals surface area (Å²) < 4.78 is 26.7. The molecule has 0 unspecified atom stereocenters. The first-order chi connectivity index (χ1) is 15.3. The molecule has 0 aliphatic carbocycles. The Kier molecular flexibility index (Phi) is 6.27. The lowest BCUT2D eigenvalue weighted by atomic mass is 10.1. The Morgan fingerprint density at radius 3 is 2.56 bits per heavy atom. The highest BCUT2D eigenvalue weighted by molar-refractivity contribution is 8.18. The van der Waals surface area contributed by atoms with Gasteiger partial charge in [0.1, 0.15) is 18.2 Å². The van der Waals surface area contributed by atoms with Gasteiger partial charge >= 0.3 is 0 Å². The summed E-state index contributed by atoms with van der Waals surface area (Å²) in [5.41, 5.74) is 2.70. The number of benzene rings is 2. The van der Waals surface area contributed by atoms with Crippen LogP contribution in [0.1, 0.15) is 24.0 Å². The van der Waals surface area contributed by atoms with Gasteiger partial charge < -0.3 is 10.2 Å². The zero-order valence-electron chi connectivity index (χ0n) is 17.4. The third-order valence-electron chi connectivity index (χ3n) is 5.39. The molecule has 166 valence electrons. The number of nitrogens with one attached hydrogen (secondary N) is 1. The summed E-state index contributed by atoms with van der Waals surface area (Å²) in [6, 6.07) is 8.69. The maximum absolute atomic E-state index is 13.7. The van der Waals surface area contributed by atoms with E-state index in [1.54, 1.807) is 6.08 Å². The summed E-state index contributed by atoms with van der Waals surface area (Å²) in [5, 5.41) is 1.67. The first-order valence-electron chi connectivity index (χ1n) is 10.2. The second kappa shape index (κ2) is 9.12.